The van der Waals surface area contributed by atoms with Crippen molar-refractivity contribution < 1.29 is 48.4 Å². The number of ether oxygens (including phenoxy) is 3. The Morgan fingerprint density at radius 2 is 0.875 bits per heavy atom. The molecule has 0 amide bonds. The molecule has 0 heterocycles. The van der Waals surface area contributed by atoms with Crippen LogP contribution in [-0.4, -0.2) is 89.4 Å². The fourth-order valence-corrected chi connectivity index (χ4v) is 1.28. The smallest absolute Gasteiger partial charge is 0.330 e. The number of esters is 3. The summed E-state index contributed by atoms with van der Waals surface area (Å²) >= 11 is 0. The van der Waals surface area contributed by atoms with Crippen molar-refractivity contribution in [1.29, 1.82) is 0 Å². The number of carbonyl (C=O) groups is 5. The Hall–Kier alpha value is -2.95. The predicted octanol–water partition coefficient (Wildman–Crippen LogP) is 1.70. The number of carboxylic acids is 2. The van der Waals surface area contributed by atoms with Gasteiger partial charge in [-0.1, -0.05) is 39.8 Å². The first-order valence-electron chi connectivity index (χ1n) is 8.55. The largest absolute Gasteiger partial charge is 0.478 e. The Kier molecular flexibility index (Phi) is 25.9. The zero-order valence-electron chi connectivity index (χ0n) is 18.4. The zero-order valence-corrected chi connectivity index (χ0v) is 20.4. The Morgan fingerprint density at radius 1 is 0.656 bits per heavy atom. The molecule has 0 spiro atoms. The monoisotopic (exact) mass is 463 g/mol. The average molecular weight is 463 g/mol. The molecule has 1 radical (unpaired) electrons. The third-order valence-electron chi connectivity index (χ3n) is 3.16. The quantitative estimate of drug-likeness (QED) is 0.189. The van der Waals surface area contributed by atoms with Gasteiger partial charge in [0.15, 0.2) is 0 Å². The van der Waals surface area contributed by atoms with E-state index in [1.807, 2.05) is 0 Å². The Balaban J connectivity index is -0.000000296. The van der Waals surface area contributed by atoms with Crippen molar-refractivity contribution in [3.8, 4) is 0 Å². The predicted molar refractivity (Wildman–Crippen MR) is 118 cm³/mol. The summed E-state index contributed by atoms with van der Waals surface area (Å²) in [5, 5.41) is 15.2. The molecule has 0 atom stereocenters. The Morgan fingerprint density at radius 3 is 1.00 bits per heavy atom. The van der Waals surface area contributed by atoms with Gasteiger partial charge in [-0.3, -0.25) is 0 Å². The number of carboxylic acid groups (broad SMARTS) is 2. The molecule has 0 aliphatic heterocycles. The van der Waals surface area contributed by atoms with Crippen LogP contribution < -0.4 is 0 Å². The Bertz CT molecular complexity index is 604. The summed E-state index contributed by atoms with van der Waals surface area (Å²) in [5.74, 6) is -3.80. The maximum atomic E-state index is 11.2. The van der Waals surface area contributed by atoms with Crippen LogP contribution in [0.5, 0.6) is 0 Å². The second kappa shape index (κ2) is 22.7. The van der Waals surface area contributed by atoms with Gasteiger partial charge in [-0.25, -0.2) is 24.0 Å². The van der Waals surface area contributed by atoms with Crippen LogP contribution in [0, 0.1) is 5.41 Å². The summed E-state index contributed by atoms with van der Waals surface area (Å²) in [6, 6.07) is 0. The van der Waals surface area contributed by atoms with E-state index < -0.39 is 35.3 Å². The summed E-state index contributed by atoms with van der Waals surface area (Å²) in [6.45, 7) is 17.3. The van der Waals surface area contributed by atoms with Gasteiger partial charge in [-0.05, 0) is 6.42 Å². The van der Waals surface area contributed by atoms with E-state index in [9.17, 15) is 24.0 Å². The molecule has 32 heavy (non-hydrogen) atoms. The summed E-state index contributed by atoms with van der Waals surface area (Å²) < 4.78 is 15.0. The SMILES string of the molecule is C=CC(=O)O.C=CC(=O)O.C=CC(=O)OCC(CC)(COC(=O)C=C)COC(=O)C=C.[Na]. The van der Waals surface area contributed by atoms with Gasteiger partial charge >= 0.3 is 29.8 Å². The summed E-state index contributed by atoms with van der Waals surface area (Å²) in [7, 11) is 0. The van der Waals surface area contributed by atoms with Crippen molar-refractivity contribution in [2.24, 2.45) is 5.41 Å². The molecular weight excluding hydrogens is 435 g/mol. The molecule has 0 saturated carbocycles. The van der Waals surface area contributed by atoms with Crippen LogP contribution in [0.25, 0.3) is 0 Å². The Labute approximate surface area is 209 Å². The molecule has 11 heteroatoms. The van der Waals surface area contributed by atoms with Crippen molar-refractivity contribution >= 4 is 59.4 Å². The van der Waals surface area contributed by atoms with E-state index in [2.05, 4.69) is 32.9 Å². The summed E-state index contributed by atoms with van der Waals surface area (Å²) in [4.78, 5) is 52.0. The van der Waals surface area contributed by atoms with Crippen molar-refractivity contribution in [1.82, 2.24) is 0 Å². The maximum absolute atomic E-state index is 11.2. The van der Waals surface area contributed by atoms with Gasteiger partial charge in [-0.2, -0.15) is 0 Å². The van der Waals surface area contributed by atoms with E-state index in [1.54, 1.807) is 6.92 Å². The minimum Gasteiger partial charge on any atom is -0.478 e. The van der Waals surface area contributed by atoms with Crippen LogP contribution in [0.4, 0.5) is 0 Å². The van der Waals surface area contributed by atoms with Crippen LogP contribution in [0.2, 0.25) is 0 Å². The van der Waals surface area contributed by atoms with Crippen molar-refractivity contribution in [3.05, 3.63) is 63.3 Å². The van der Waals surface area contributed by atoms with Gasteiger partial charge in [0, 0.05) is 59.9 Å². The van der Waals surface area contributed by atoms with Crippen LogP contribution in [0.1, 0.15) is 13.3 Å². The summed E-state index contributed by atoms with van der Waals surface area (Å²) in [6.07, 6.45) is 5.18. The van der Waals surface area contributed by atoms with E-state index in [0.29, 0.717) is 6.42 Å². The third-order valence-corrected chi connectivity index (χ3v) is 3.16. The fourth-order valence-electron chi connectivity index (χ4n) is 1.28. The number of hydrogen-bond acceptors (Lipinski definition) is 8. The first kappa shape index (κ1) is 36.4. The number of carbonyl (C=O) groups excluding carboxylic acids is 3. The summed E-state index contributed by atoms with van der Waals surface area (Å²) in [5.41, 5.74) is -0.837. The first-order valence-corrected chi connectivity index (χ1v) is 8.55. The van der Waals surface area contributed by atoms with E-state index in [-0.39, 0.29) is 49.4 Å². The number of hydrogen-bond donors (Lipinski definition) is 2. The maximum Gasteiger partial charge on any atom is 0.330 e. The molecule has 0 fully saturated rings. The fraction of sp³-hybridized carbons (Fsp3) is 0.286. The molecule has 0 rings (SSSR count). The molecule has 0 aromatic heterocycles. The topological polar surface area (TPSA) is 153 Å². The molecule has 0 unspecified atom stereocenters. The molecule has 10 nitrogen and oxygen atoms in total. The third kappa shape index (κ3) is 23.3. The number of rotatable bonds is 12. The first-order chi connectivity index (χ1) is 14.5. The van der Waals surface area contributed by atoms with E-state index in [0.717, 1.165) is 30.4 Å². The minimum absolute atomic E-state index is 0. The van der Waals surface area contributed by atoms with Gasteiger partial charge in [0.2, 0.25) is 0 Å². The second-order valence-corrected chi connectivity index (χ2v) is 5.37. The standard InChI is InChI=1S/C15H20O6.2C3H4O2.Na/c1-5-12(16)19-9-15(8-4,10-20-13(17)6-2)11-21-14(18)7-3;2*1-2-3(4)5;/h5-7H,1-3,8-11H2,4H3;2*2H,1H2,(H,4,5);. The van der Waals surface area contributed by atoms with Gasteiger partial charge in [0.05, 0.1) is 5.41 Å². The van der Waals surface area contributed by atoms with Crippen LogP contribution >= 0.6 is 0 Å². The minimum atomic E-state index is -0.981. The molecule has 0 aromatic carbocycles. The van der Waals surface area contributed by atoms with Crippen LogP contribution in [-0.2, 0) is 38.2 Å². The van der Waals surface area contributed by atoms with E-state index in [4.69, 9.17) is 24.4 Å². The number of aliphatic carboxylic acids is 2. The molecule has 0 bridgehead atoms. The van der Waals surface area contributed by atoms with Crippen LogP contribution in [0.15, 0.2) is 63.3 Å². The molecule has 0 saturated heterocycles. The van der Waals surface area contributed by atoms with Crippen molar-refractivity contribution in [2.45, 2.75) is 13.3 Å². The normalized spacial score (nSPS) is 8.66. The molecular formula is C21H28NaO10. The molecule has 0 aromatic rings. The van der Waals surface area contributed by atoms with E-state index >= 15 is 0 Å². The van der Waals surface area contributed by atoms with Crippen molar-refractivity contribution in [3.63, 3.8) is 0 Å². The molecule has 2 N–H and O–H groups in total. The second-order valence-electron chi connectivity index (χ2n) is 5.37. The molecule has 173 valence electrons. The van der Waals surface area contributed by atoms with Gasteiger partial charge in [0.25, 0.3) is 0 Å². The van der Waals surface area contributed by atoms with Gasteiger partial charge in [-0.15, -0.1) is 0 Å². The average Bonchev–Trinajstić information content (AvgIpc) is 2.78. The van der Waals surface area contributed by atoms with Gasteiger partial charge < -0.3 is 24.4 Å². The zero-order chi connectivity index (χ0) is 24.9. The van der Waals surface area contributed by atoms with Gasteiger partial charge in [0.1, 0.15) is 19.8 Å². The molecule has 0 aliphatic rings. The van der Waals surface area contributed by atoms with E-state index in [1.165, 1.54) is 0 Å². The van der Waals surface area contributed by atoms with Crippen molar-refractivity contribution in [2.75, 3.05) is 19.8 Å². The van der Waals surface area contributed by atoms with Crippen LogP contribution in [0.3, 0.4) is 0 Å². The molecule has 0 aliphatic carbocycles.